The van der Waals surface area contributed by atoms with Gasteiger partial charge < -0.3 is 20.5 Å². The number of nitrogens with one attached hydrogen (secondary N) is 1. The van der Waals surface area contributed by atoms with Gasteiger partial charge in [-0.1, -0.05) is 30.3 Å². The lowest BCUT2D eigenvalue weighted by atomic mass is 10.0. The number of hydrogen-bond acceptors (Lipinski definition) is 3. The maximum absolute atomic E-state index is 12.1. The maximum atomic E-state index is 12.1. The topological polar surface area (TPSA) is 68.9 Å². The Labute approximate surface area is 171 Å². The minimum atomic E-state index is -4.70. The van der Waals surface area contributed by atoms with Crippen LogP contribution in [0.5, 0.6) is 11.5 Å². The van der Waals surface area contributed by atoms with Gasteiger partial charge in [0.15, 0.2) is 5.96 Å². The van der Waals surface area contributed by atoms with Crippen molar-refractivity contribution in [3.63, 3.8) is 0 Å². The minimum absolute atomic E-state index is 0. The number of guanidine groups is 1. The molecule has 1 unspecified atom stereocenters. The van der Waals surface area contributed by atoms with E-state index in [1.54, 1.807) is 0 Å². The summed E-state index contributed by atoms with van der Waals surface area (Å²) < 4.78 is 45.9. The van der Waals surface area contributed by atoms with E-state index in [2.05, 4.69) is 15.0 Å². The Balaban J connectivity index is 0.00000261. The summed E-state index contributed by atoms with van der Waals surface area (Å²) in [6.07, 6.45) is -3.94. The fourth-order valence-electron chi connectivity index (χ4n) is 2.69. The number of nitrogens with two attached hydrogens (primary N) is 1. The Morgan fingerprint density at radius 3 is 2.59 bits per heavy atom. The lowest BCUT2D eigenvalue weighted by Gasteiger charge is -2.26. The molecule has 0 spiro atoms. The number of halogens is 4. The second-order valence-electron chi connectivity index (χ2n) is 5.77. The van der Waals surface area contributed by atoms with Crippen molar-refractivity contribution >= 4 is 29.9 Å². The van der Waals surface area contributed by atoms with Gasteiger partial charge >= 0.3 is 6.36 Å². The number of benzene rings is 2. The zero-order chi connectivity index (χ0) is 18.6. The smallest absolute Gasteiger partial charge is 0.493 e. The van der Waals surface area contributed by atoms with Crippen molar-refractivity contribution in [2.75, 3.05) is 6.61 Å². The molecule has 1 atom stereocenters. The van der Waals surface area contributed by atoms with E-state index in [1.165, 1.54) is 24.3 Å². The van der Waals surface area contributed by atoms with Gasteiger partial charge in [-0.15, -0.1) is 37.1 Å². The molecule has 1 aliphatic heterocycles. The van der Waals surface area contributed by atoms with Crippen LogP contribution in [0.4, 0.5) is 13.2 Å². The molecule has 0 saturated heterocycles. The molecule has 0 radical (unpaired) electrons. The molecule has 1 aliphatic rings. The summed E-state index contributed by atoms with van der Waals surface area (Å²) in [5.41, 5.74) is 7.69. The van der Waals surface area contributed by atoms with Crippen LogP contribution in [0.25, 0.3) is 0 Å². The van der Waals surface area contributed by atoms with E-state index in [-0.39, 0.29) is 48.3 Å². The second-order valence-corrected chi connectivity index (χ2v) is 5.77. The van der Waals surface area contributed by atoms with Gasteiger partial charge in [-0.25, -0.2) is 4.99 Å². The molecule has 0 aromatic heterocycles. The van der Waals surface area contributed by atoms with Crippen LogP contribution in [0.15, 0.2) is 53.5 Å². The highest BCUT2D eigenvalue weighted by Gasteiger charge is 2.30. The summed E-state index contributed by atoms with van der Waals surface area (Å²) in [6, 6.07) is 13.2. The van der Waals surface area contributed by atoms with Crippen molar-refractivity contribution in [2.24, 2.45) is 10.7 Å². The maximum Gasteiger partial charge on any atom is 0.573 e. The van der Waals surface area contributed by atoms with Gasteiger partial charge in [0, 0.05) is 12.0 Å². The number of aliphatic imine (C=N–C) groups is 1. The number of nitrogens with zero attached hydrogens (tertiary/aromatic N) is 1. The normalized spacial score (nSPS) is 16.6. The first-order valence-corrected chi connectivity index (χ1v) is 8.03. The van der Waals surface area contributed by atoms with Gasteiger partial charge in [-0.3, -0.25) is 0 Å². The monoisotopic (exact) mass is 493 g/mol. The molecule has 5 nitrogen and oxygen atoms in total. The van der Waals surface area contributed by atoms with Crippen LogP contribution in [0.1, 0.15) is 23.6 Å². The van der Waals surface area contributed by atoms with E-state index in [1.807, 2.05) is 24.3 Å². The van der Waals surface area contributed by atoms with Crippen LogP contribution < -0.4 is 20.5 Å². The Morgan fingerprint density at radius 2 is 1.89 bits per heavy atom. The molecule has 9 heteroatoms. The summed E-state index contributed by atoms with van der Waals surface area (Å²) in [7, 11) is 0. The van der Waals surface area contributed by atoms with Gasteiger partial charge in [0.1, 0.15) is 11.5 Å². The lowest BCUT2D eigenvalue weighted by molar-refractivity contribution is -0.274. The van der Waals surface area contributed by atoms with E-state index >= 15 is 0 Å². The summed E-state index contributed by atoms with van der Waals surface area (Å²) in [5.74, 6) is 0.821. The Kier molecular flexibility index (Phi) is 7.17. The van der Waals surface area contributed by atoms with E-state index < -0.39 is 6.36 Å². The van der Waals surface area contributed by atoms with Crippen molar-refractivity contribution in [2.45, 2.75) is 25.4 Å². The van der Waals surface area contributed by atoms with Gasteiger partial charge in [0.25, 0.3) is 0 Å². The molecule has 0 fully saturated rings. The highest BCUT2D eigenvalue weighted by Crippen LogP contribution is 2.31. The third kappa shape index (κ3) is 6.19. The van der Waals surface area contributed by atoms with Gasteiger partial charge in [0.2, 0.25) is 0 Å². The molecule has 146 valence electrons. The molecule has 2 aromatic rings. The fraction of sp³-hybridized carbons (Fsp3) is 0.278. The van der Waals surface area contributed by atoms with Crippen molar-refractivity contribution < 1.29 is 22.6 Å². The summed E-state index contributed by atoms with van der Waals surface area (Å²) in [4.78, 5) is 4.25. The quantitative estimate of drug-likeness (QED) is 0.382. The summed E-state index contributed by atoms with van der Waals surface area (Å²) >= 11 is 0. The van der Waals surface area contributed by atoms with E-state index in [4.69, 9.17) is 10.5 Å². The average Bonchev–Trinajstić information content (AvgIpc) is 2.60. The van der Waals surface area contributed by atoms with Gasteiger partial charge in [-0.2, -0.15) is 0 Å². The largest absolute Gasteiger partial charge is 0.573 e. The second kappa shape index (κ2) is 9.16. The van der Waals surface area contributed by atoms with Crippen molar-refractivity contribution in [3.05, 3.63) is 59.7 Å². The predicted octanol–water partition coefficient (Wildman–Crippen LogP) is 4.13. The molecule has 0 aliphatic carbocycles. The van der Waals surface area contributed by atoms with Crippen LogP contribution in [-0.4, -0.2) is 18.9 Å². The third-order valence-corrected chi connectivity index (χ3v) is 3.87. The number of ether oxygens (including phenoxy) is 2. The van der Waals surface area contributed by atoms with Crippen molar-refractivity contribution in [1.82, 2.24) is 5.32 Å². The molecule has 0 bridgehead atoms. The van der Waals surface area contributed by atoms with Crippen molar-refractivity contribution in [1.29, 1.82) is 0 Å². The molecular formula is C18H19F3IN3O2. The summed E-state index contributed by atoms with van der Waals surface area (Å²) in [6.45, 7) is 0.832. The molecule has 1 heterocycles. The highest BCUT2D eigenvalue weighted by atomic mass is 127. The number of rotatable bonds is 4. The lowest BCUT2D eigenvalue weighted by Crippen LogP contribution is -2.37. The molecule has 3 rings (SSSR count). The predicted molar refractivity (Wildman–Crippen MR) is 106 cm³/mol. The molecule has 3 N–H and O–H groups in total. The molecule has 2 aromatic carbocycles. The first-order chi connectivity index (χ1) is 12.4. The molecular weight excluding hydrogens is 474 g/mol. The minimum Gasteiger partial charge on any atom is -0.493 e. The van der Waals surface area contributed by atoms with Crippen LogP contribution >= 0.6 is 24.0 Å². The molecule has 27 heavy (non-hydrogen) atoms. The van der Waals surface area contributed by atoms with Crippen LogP contribution in [-0.2, 0) is 6.54 Å². The fourth-order valence-corrected chi connectivity index (χ4v) is 2.69. The number of fused-ring (bicyclic) bond motifs is 1. The Morgan fingerprint density at radius 1 is 1.19 bits per heavy atom. The Bertz CT molecular complexity index is 782. The van der Waals surface area contributed by atoms with Crippen LogP contribution in [0.2, 0.25) is 0 Å². The van der Waals surface area contributed by atoms with Crippen molar-refractivity contribution in [3.8, 4) is 11.5 Å². The summed E-state index contributed by atoms with van der Waals surface area (Å²) in [5, 5.41) is 3.16. The van der Waals surface area contributed by atoms with Crippen LogP contribution in [0.3, 0.4) is 0 Å². The van der Waals surface area contributed by atoms with E-state index in [0.717, 1.165) is 23.3 Å². The highest BCUT2D eigenvalue weighted by molar-refractivity contribution is 14.0. The van der Waals surface area contributed by atoms with Gasteiger partial charge in [0.05, 0.1) is 19.2 Å². The first kappa shape index (κ1) is 21.1. The molecule has 0 amide bonds. The zero-order valence-corrected chi connectivity index (χ0v) is 16.5. The SMILES string of the molecule is I.NC(=NCc1ccc(OC(F)(F)F)cc1)NC1CCOc2ccccc21. The number of hydrogen-bond donors (Lipinski definition) is 2. The van der Waals surface area contributed by atoms with E-state index in [9.17, 15) is 13.2 Å². The molecule has 0 saturated carbocycles. The zero-order valence-electron chi connectivity index (χ0n) is 14.2. The van der Waals surface area contributed by atoms with E-state index in [0.29, 0.717) is 6.61 Å². The van der Waals surface area contributed by atoms with Gasteiger partial charge in [-0.05, 0) is 23.8 Å². The standard InChI is InChI=1S/C18H18F3N3O2.HI/c19-18(20,21)26-13-7-5-12(6-8-13)11-23-17(22)24-15-9-10-25-16-4-2-1-3-14(15)16;/h1-8,15H,9-11H2,(H3,22,23,24);1H. The Hall–Kier alpha value is -2.17. The first-order valence-electron chi connectivity index (χ1n) is 8.03. The number of para-hydroxylation sites is 1. The number of alkyl halides is 3. The third-order valence-electron chi connectivity index (χ3n) is 3.87. The average molecular weight is 493 g/mol. The van der Waals surface area contributed by atoms with Crippen LogP contribution in [0, 0.1) is 0 Å².